The van der Waals surface area contributed by atoms with Gasteiger partial charge < -0.3 is 10.2 Å². The zero-order valence-corrected chi connectivity index (χ0v) is 17.6. The van der Waals surface area contributed by atoms with Crippen molar-refractivity contribution in [3.8, 4) is 0 Å². The summed E-state index contributed by atoms with van der Waals surface area (Å²) in [5.41, 5.74) is 1.28. The largest absolute Gasteiger partial charge is 0.342 e. The Bertz CT molecular complexity index is 1090. The minimum Gasteiger partial charge on any atom is -0.342 e. The number of nitrogens with one attached hydrogen (secondary N) is 2. The average Bonchev–Trinajstić information content (AvgIpc) is 3.08. The maximum Gasteiger partial charge on any atom is 0.264 e. The lowest BCUT2D eigenvalue weighted by molar-refractivity contribution is -0.128. The van der Waals surface area contributed by atoms with Gasteiger partial charge in [-0.25, -0.2) is 17.5 Å². The molecule has 1 saturated heterocycles. The number of halogens is 1. The molecule has 0 unspecified atom stereocenters. The standard InChI is InChI=1S/C21H22FN3O5S/c1-14(26)24-31(29,30)19-8-6-18(7-9-19)23-21(28)16-12-20(27)25(13-16)11-10-15-2-4-17(22)5-3-15/h2-9,16H,10-13H2,1H3,(H,23,28)(H,24,26)/t16-/m1/s1. The van der Waals surface area contributed by atoms with Crippen molar-refractivity contribution in [2.24, 2.45) is 5.92 Å². The average molecular weight is 447 g/mol. The summed E-state index contributed by atoms with van der Waals surface area (Å²) in [5.74, 6) is -2.01. The number of hydrogen-bond acceptors (Lipinski definition) is 5. The van der Waals surface area contributed by atoms with Crippen molar-refractivity contribution in [3.05, 3.63) is 59.9 Å². The first-order valence-electron chi connectivity index (χ1n) is 9.60. The van der Waals surface area contributed by atoms with E-state index in [0.29, 0.717) is 18.7 Å². The van der Waals surface area contributed by atoms with E-state index >= 15 is 0 Å². The van der Waals surface area contributed by atoms with Gasteiger partial charge in [0.1, 0.15) is 5.82 Å². The number of anilines is 1. The molecule has 0 aliphatic carbocycles. The number of sulfonamides is 1. The van der Waals surface area contributed by atoms with Crippen LogP contribution in [-0.2, 0) is 30.8 Å². The van der Waals surface area contributed by atoms with Gasteiger partial charge in [0.15, 0.2) is 0 Å². The molecule has 1 heterocycles. The molecule has 2 aromatic rings. The summed E-state index contributed by atoms with van der Waals surface area (Å²) in [6.07, 6.45) is 0.648. The summed E-state index contributed by atoms with van der Waals surface area (Å²) in [6, 6.07) is 11.4. The van der Waals surface area contributed by atoms with Crippen molar-refractivity contribution in [3.63, 3.8) is 0 Å². The molecule has 0 bridgehead atoms. The maximum absolute atomic E-state index is 13.0. The van der Waals surface area contributed by atoms with Crippen LogP contribution in [0.25, 0.3) is 0 Å². The molecule has 2 aromatic carbocycles. The van der Waals surface area contributed by atoms with Gasteiger partial charge in [-0.3, -0.25) is 14.4 Å². The molecule has 0 spiro atoms. The van der Waals surface area contributed by atoms with Gasteiger partial charge in [0, 0.05) is 32.1 Å². The normalized spacial score (nSPS) is 16.3. The summed E-state index contributed by atoms with van der Waals surface area (Å²) in [6.45, 7) is 1.81. The lowest BCUT2D eigenvalue weighted by Crippen LogP contribution is -2.30. The molecule has 0 radical (unpaired) electrons. The van der Waals surface area contributed by atoms with Crippen LogP contribution in [0.2, 0.25) is 0 Å². The van der Waals surface area contributed by atoms with Gasteiger partial charge in [0.05, 0.1) is 10.8 Å². The van der Waals surface area contributed by atoms with Crippen LogP contribution >= 0.6 is 0 Å². The summed E-state index contributed by atoms with van der Waals surface area (Å²) in [7, 11) is -3.95. The molecule has 3 rings (SSSR count). The van der Waals surface area contributed by atoms with Crippen LogP contribution in [0, 0.1) is 11.7 Å². The number of likely N-dealkylation sites (tertiary alicyclic amines) is 1. The van der Waals surface area contributed by atoms with Crippen molar-refractivity contribution in [2.45, 2.75) is 24.7 Å². The molecule has 8 nitrogen and oxygen atoms in total. The molecular formula is C21H22FN3O5S. The molecule has 10 heteroatoms. The first-order chi connectivity index (χ1) is 14.6. The molecule has 2 N–H and O–H groups in total. The highest BCUT2D eigenvalue weighted by Crippen LogP contribution is 2.21. The van der Waals surface area contributed by atoms with Crippen LogP contribution in [0.3, 0.4) is 0 Å². The second-order valence-electron chi connectivity index (χ2n) is 7.29. The Morgan fingerprint density at radius 3 is 2.35 bits per heavy atom. The molecular weight excluding hydrogens is 425 g/mol. The Morgan fingerprint density at radius 1 is 1.10 bits per heavy atom. The Kier molecular flexibility index (Phi) is 6.69. The fourth-order valence-electron chi connectivity index (χ4n) is 3.29. The minimum atomic E-state index is -3.95. The second kappa shape index (κ2) is 9.25. The van der Waals surface area contributed by atoms with Gasteiger partial charge in [-0.1, -0.05) is 12.1 Å². The SMILES string of the molecule is CC(=O)NS(=O)(=O)c1ccc(NC(=O)[C@@H]2CC(=O)N(CCc3ccc(F)cc3)C2)cc1. The van der Waals surface area contributed by atoms with Crippen LogP contribution in [0.1, 0.15) is 18.9 Å². The number of nitrogens with zero attached hydrogens (tertiary/aromatic N) is 1. The van der Waals surface area contributed by atoms with Crippen molar-refractivity contribution < 1.29 is 27.2 Å². The molecule has 31 heavy (non-hydrogen) atoms. The van der Waals surface area contributed by atoms with Gasteiger partial charge in [-0.05, 0) is 48.4 Å². The lowest BCUT2D eigenvalue weighted by Gasteiger charge is -2.16. The first kappa shape index (κ1) is 22.4. The summed E-state index contributed by atoms with van der Waals surface area (Å²) in [4.78, 5) is 37.3. The fraction of sp³-hybridized carbons (Fsp3) is 0.286. The predicted molar refractivity (Wildman–Crippen MR) is 111 cm³/mol. The third-order valence-electron chi connectivity index (χ3n) is 4.88. The fourth-order valence-corrected chi connectivity index (χ4v) is 4.28. The lowest BCUT2D eigenvalue weighted by atomic mass is 10.1. The molecule has 0 aromatic heterocycles. The number of hydrogen-bond donors (Lipinski definition) is 2. The third-order valence-corrected chi connectivity index (χ3v) is 6.33. The van der Waals surface area contributed by atoms with E-state index in [2.05, 4.69) is 5.32 Å². The number of carbonyl (C=O) groups is 3. The smallest absolute Gasteiger partial charge is 0.264 e. The highest BCUT2D eigenvalue weighted by Gasteiger charge is 2.34. The van der Waals surface area contributed by atoms with E-state index < -0.39 is 21.8 Å². The number of rotatable bonds is 7. The van der Waals surface area contributed by atoms with E-state index in [4.69, 9.17) is 0 Å². The van der Waals surface area contributed by atoms with Gasteiger partial charge in [-0.2, -0.15) is 0 Å². The zero-order chi connectivity index (χ0) is 22.6. The van der Waals surface area contributed by atoms with E-state index in [0.717, 1.165) is 12.5 Å². The monoisotopic (exact) mass is 447 g/mol. The highest BCUT2D eigenvalue weighted by atomic mass is 32.2. The minimum absolute atomic E-state index is 0.0875. The van der Waals surface area contributed by atoms with Crippen molar-refractivity contribution in [1.29, 1.82) is 0 Å². The van der Waals surface area contributed by atoms with Crippen molar-refractivity contribution in [2.75, 3.05) is 18.4 Å². The zero-order valence-electron chi connectivity index (χ0n) is 16.8. The Hall–Kier alpha value is -3.27. The van der Waals surface area contributed by atoms with Crippen LogP contribution in [0.5, 0.6) is 0 Å². The Labute approximate surface area is 179 Å². The first-order valence-corrected chi connectivity index (χ1v) is 11.1. The van der Waals surface area contributed by atoms with E-state index in [1.807, 2.05) is 4.72 Å². The van der Waals surface area contributed by atoms with E-state index in [-0.39, 0.29) is 35.5 Å². The van der Waals surface area contributed by atoms with Crippen molar-refractivity contribution >= 4 is 33.4 Å². The van der Waals surface area contributed by atoms with E-state index in [1.54, 1.807) is 17.0 Å². The van der Waals surface area contributed by atoms with Crippen LogP contribution in [0.15, 0.2) is 53.4 Å². The third kappa shape index (κ3) is 5.88. The van der Waals surface area contributed by atoms with Crippen LogP contribution in [-0.4, -0.2) is 44.1 Å². The Morgan fingerprint density at radius 2 is 1.74 bits per heavy atom. The quantitative estimate of drug-likeness (QED) is 0.671. The van der Waals surface area contributed by atoms with E-state index in [9.17, 15) is 27.2 Å². The molecule has 1 aliphatic rings. The Balaban J connectivity index is 1.55. The summed E-state index contributed by atoms with van der Waals surface area (Å²) in [5, 5.41) is 2.68. The molecule has 1 atom stereocenters. The van der Waals surface area contributed by atoms with Crippen LogP contribution < -0.4 is 10.0 Å². The predicted octanol–water partition coefficient (Wildman–Crippen LogP) is 1.68. The number of benzene rings is 2. The summed E-state index contributed by atoms with van der Waals surface area (Å²) >= 11 is 0. The summed E-state index contributed by atoms with van der Waals surface area (Å²) < 4.78 is 38.8. The second-order valence-corrected chi connectivity index (χ2v) is 8.97. The maximum atomic E-state index is 13.0. The van der Waals surface area contributed by atoms with Crippen molar-refractivity contribution in [1.82, 2.24) is 9.62 Å². The van der Waals surface area contributed by atoms with Gasteiger partial charge in [-0.15, -0.1) is 0 Å². The number of carbonyl (C=O) groups excluding carboxylic acids is 3. The molecule has 0 saturated carbocycles. The molecule has 1 fully saturated rings. The van der Waals surface area contributed by atoms with Crippen LogP contribution in [0.4, 0.5) is 10.1 Å². The number of amides is 3. The van der Waals surface area contributed by atoms with Gasteiger partial charge >= 0.3 is 0 Å². The molecule has 164 valence electrons. The van der Waals surface area contributed by atoms with Gasteiger partial charge in [0.25, 0.3) is 10.0 Å². The van der Waals surface area contributed by atoms with Gasteiger partial charge in [0.2, 0.25) is 17.7 Å². The molecule has 1 aliphatic heterocycles. The molecule has 3 amide bonds. The van der Waals surface area contributed by atoms with E-state index in [1.165, 1.54) is 36.4 Å². The highest BCUT2D eigenvalue weighted by molar-refractivity contribution is 7.90. The topological polar surface area (TPSA) is 113 Å².